The molecule has 5 aliphatic heterocycles. The molecule has 5 saturated heterocycles. The van der Waals surface area contributed by atoms with E-state index in [0.717, 1.165) is 78.2 Å². The minimum absolute atomic E-state index is 0.123. The van der Waals surface area contributed by atoms with Gasteiger partial charge in [0.15, 0.2) is 28.9 Å². The number of hydrogen-bond acceptors (Lipinski definition) is 17. The van der Waals surface area contributed by atoms with Crippen LogP contribution >= 0.6 is 0 Å². The molecule has 0 aromatic heterocycles. The quantitative estimate of drug-likeness (QED) is 0.226. The zero-order valence-corrected chi connectivity index (χ0v) is 39.5. The lowest BCUT2D eigenvalue weighted by molar-refractivity contribution is -0.143. The largest absolute Gasteiger partial charge is 0.481 e. The summed E-state index contributed by atoms with van der Waals surface area (Å²) in [6, 6.07) is 0. The SMILES string of the molecule is C=CC(=O)O.C=CC(=O)OCC.C=O.CC1(C)OCCO1.CC1(C)OCCO1.CC1(C)OCCO1.CC1(C)OCCO1.CC1(C)OCCO1.CCC(=O)O.CCOC(=O)CC. The van der Waals surface area contributed by atoms with Crippen LogP contribution in [0.5, 0.6) is 0 Å². The lowest BCUT2D eigenvalue weighted by Crippen LogP contribution is -2.18. The highest BCUT2D eigenvalue weighted by molar-refractivity contribution is 5.81. The van der Waals surface area contributed by atoms with Crippen LogP contribution in [-0.2, 0) is 80.8 Å². The zero-order valence-electron chi connectivity index (χ0n) is 39.5. The van der Waals surface area contributed by atoms with Crippen molar-refractivity contribution in [2.45, 2.75) is 139 Å². The molecular weight excluding hydrogens is 808 g/mol. The Hall–Kier alpha value is -3.37. The molecule has 0 spiro atoms. The van der Waals surface area contributed by atoms with Crippen LogP contribution in [0.3, 0.4) is 0 Å². The molecule has 0 aromatic rings. The van der Waals surface area contributed by atoms with E-state index in [0.29, 0.717) is 19.6 Å². The van der Waals surface area contributed by atoms with Crippen LogP contribution in [-0.4, -0.2) is 149 Å². The van der Waals surface area contributed by atoms with Gasteiger partial charge in [-0.05, 0) is 83.1 Å². The number of esters is 2. The minimum atomic E-state index is -0.981. The Balaban J connectivity index is -0.000000192. The van der Waals surface area contributed by atoms with Gasteiger partial charge in [-0.1, -0.05) is 27.0 Å². The van der Waals surface area contributed by atoms with Crippen molar-refractivity contribution >= 4 is 30.7 Å². The number of hydrogen-bond donors (Lipinski definition) is 2. The lowest BCUT2D eigenvalue weighted by atomic mass is 10.4. The Labute approximate surface area is 364 Å². The van der Waals surface area contributed by atoms with Gasteiger partial charge in [0, 0.05) is 25.0 Å². The molecule has 5 heterocycles. The van der Waals surface area contributed by atoms with Gasteiger partial charge in [-0.25, -0.2) is 9.59 Å². The van der Waals surface area contributed by atoms with Gasteiger partial charge in [0.2, 0.25) is 0 Å². The van der Waals surface area contributed by atoms with E-state index in [1.807, 2.05) is 76.0 Å². The number of carboxylic acid groups (broad SMARTS) is 2. The summed E-state index contributed by atoms with van der Waals surface area (Å²) >= 11 is 0. The molecule has 0 saturated carbocycles. The number of carboxylic acids is 2. The van der Waals surface area contributed by atoms with Crippen molar-refractivity contribution in [3.05, 3.63) is 25.3 Å². The molecule has 61 heavy (non-hydrogen) atoms. The fourth-order valence-electron chi connectivity index (χ4n) is 3.55. The highest BCUT2D eigenvalue weighted by Crippen LogP contribution is 2.18. The fraction of sp³-hybridized carbons (Fsp3) is 0.786. The highest BCUT2D eigenvalue weighted by Gasteiger charge is 2.26. The van der Waals surface area contributed by atoms with Crippen LogP contribution in [0.1, 0.15) is 110 Å². The van der Waals surface area contributed by atoms with Crippen LogP contribution in [0.25, 0.3) is 0 Å². The van der Waals surface area contributed by atoms with Gasteiger partial charge in [-0.15, -0.1) is 0 Å². The zero-order chi connectivity index (χ0) is 48.6. The van der Waals surface area contributed by atoms with Gasteiger partial charge in [0.1, 0.15) is 6.79 Å². The standard InChI is InChI=1S/6C5H10O2.C5H8O2.C3H6O2.C3H4O2.CH2O/c5*1-5(2)6-3-4-7-5;2*1-3-5(6)7-4-2;2*1-2-3(4)5;1-2/h6*3-4H2,1-2H3;3H,1,4H2,2H3;2H2,1H3,(H,4,5);2H,1H2,(H,4,5);1H2. The molecule has 5 aliphatic rings. The van der Waals surface area contributed by atoms with E-state index < -0.39 is 11.9 Å². The van der Waals surface area contributed by atoms with Crippen molar-refractivity contribution in [3.63, 3.8) is 0 Å². The van der Waals surface area contributed by atoms with Gasteiger partial charge in [0.25, 0.3) is 0 Å². The molecule has 19 heteroatoms. The number of carbonyl (C=O) groups is 5. The summed E-state index contributed by atoms with van der Waals surface area (Å²) in [5.41, 5.74) is 0. The first-order valence-electron chi connectivity index (χ1n) is 19.9. The molecule has 5 rings (SSSR count). The van der Waals surface area contributed by atoms with Crippen LogP contribution < -0.4 is 0 Å². The maximum Gasteiger partial charge on any atom is 0.330 e. The third-order valence-electron chi connectivity index (χ3n) is 6.44. The molecule has 0 radical (unpaired) electrons. The Morgan fingerprint density at radius 3 is 0.705 bits per heavy atom. The van der Waals surface area contributed by atoms with Crippen LogP contribution in [0.15, 0.2) is 25.3 Å². The first-order chi connectivity index (χ1) is 28.2. The first-order valence-corrected chi connectivity index (χ1v) is 19.9. The van der Waals surface area contributed by atoms with Crippen molar-refractivity contribution in [3.8, 4) is 0 Å². The first kappa shape index (κ1) is 66.7. The molecule has 0 amide bonds. The summed E-state index contributed by atoms with van der Waals surface area (Å²) in [7, 11) is 0. The van der Waals surface area contributed by atoms with E-state index >= 15 is 0 Å². The van der Waals surface area contributed by atoms with Gasteiger partial charge in [0.05, 0.1) is 79.3 Å². The molecule has 5 fully saturated rings. The molecule has 0 atom stereocenters. The molecule has 19 nitrogen and oxygen atoms in total. The fourth-order valence-corrected chi connectivity index (χ4v) is 3.55. The molecule has 362 valence electrons. The molecule has 2 N–H and O–H groups in total. The van der Waals surface area contributed by atoms with E-state index in [1.165, 1.54) is 0 Å². The summed E-state index contributed by atoms with van der Waals surface area (Å²) in [5.74, 6) is -3.74. The Morgan fingerprint density at radius 2 is 0.656 bits per heavy atom. The third kappa shape index (κ3) is 54.6. The second-order valence-corrected chi connectivity index (χ2v) is 13.9. The van der Waals surface area contributed by atoms with Crippen molar-refractivity contribution in [2.75, 3.05) is 79.3 Å². The monoisotopic (exact) mass is 889 g/mol. The lowest BCUT2D eigenvalue weighted by Gasteiger charge is -2.13. The summed E-state index contributed by atoms with van der Waals surface area (Å²) in [5, 5.41) is 15.3. The maximum atomic E-state index is 10.2. The third-order valence-corrected chi connectivity index (χ3v) is 6.44. The maximum absolute atomic E-state index is 10.2. The number of carbonyl (C=O) groups excluding carboxylic acids is 3. The number of aliphatic carboxylic acids is 2. The smallest absolute Gasteiger partial charge is 0.330 e. The van der Waals surface area contributed by atoms with Crippen LogP contribution in [0.4, 0.5) is 0 Å². The summed E-state index contributed by atoms with van der Waals surface area (Å²) in [6.45, 7) is 42.6. The number of rotatable bonds is 6. The van der Waals surface area contributed by atoms with Crippen molar-refractivity contribution in [1.29, 1.82) is 0 Å². The molecule has 0 aromatic carbocycles. The van der Waals surface area contributed by atoms with E-state index in [4.69, 9.17) is 62.4 Å². The second kappa shape index (κ2) is 39.5. The van der Waals surface area contributed by atoms with Crippen molar-refractivity contribution in [1.82, 2.24) is 0 Å². The summed E-state index contributed by atoms with van der Waals surface area (Å²) in [4.78, 5) is 46.9. The van der Waals surface area contributed by atoms with Gasteiger partial charge in [-0.2, -0.15) is 0 Å². The van der Waals surface area contributed by atoms with Gasteiger partial charge in [-0.3, -0.25) is 9.59 Å². The average Bonchev–Trinajstić information content (AvgIpc) is 4.06. The molecule has 0 aliphatic carbocycles. The van der Waals surface area contributed by atoms with Crippen molar-refractivity contribution < 1.29 is 91.0 Å². The van der Waals surface area contributed by atoms with E-state index in [1.54, 1.807) is 27.7 Å². The topological polar surface area (TPSA) is 237 Å². The molecule has 0 bridgehead atoms. The summed E-state index contributed by atoms with van der Waals surface area (Å²) < 4.78 is 60.2. The Kier molecular flexibility index (Phi) is 43.2. The molecular formula is C42H80O19. The van der Waals surface area contributed by atoms with E-state index in [-0.39, 0.29) is 47.3 Å². The van der Waals surface area contributed by atoms with Crippen LogP contribution in [0, 0.1) is 0 Å². The Morgan fingerprint density at radius 1 is 0.459 bits per heavy atom. The predicted molar refractivity (Wildman–Crippen MR) is 227 cm³/mol. The molecule has 0 unspecified atom stereocenters. The number of ether oxygens (including phenoxy) is 12. The van der Waals surface area contributed by atoms with Crippen molar-refractivity contribution in [2.24, 2.45) is 0 Å². The van der Waals surface area contributed by atoms with E-state index in [9.17, 15) is 19.2 Å². The van der Waals surface area contributed by atoms with Crippen LogP contribution in [0.2, 0.25) is 0 Å². The Bertz CT molecular complexity index is 980. The normalized spacial score (nSPS) is 19.2. The summed E-state index contributed by atoms with van der Waals surface area (Å²) in [6.07, 6.45) is 2.68. The highest BCUT2D eigenvalue weighted by atomic mass is 16.8. The van der Waals surface area contributed by atoms with Gasteiger partial charge >= 0.3 is 23.9 Å². The second-order valence-electron chi connectivity index (χ2n) is 13.9. The average molecular weight is 889 g/mol. The predicted octanol–water partition coefficient (Wildman–Crippen LogP) is 6.09. The minimum Gasteiger partial charge on any atom is -0.481 e. The van der Waals surface area contributed by atoms with Gasteiger partial charge < -0.3 is 71.8 Å². The van der Waals surface area contributed by atoms with E-state index in [2.05, 4.69) is 22.6 Å².